The lowest BCUT2D eigenvalue weighted by Gasteiger charge is -1.95. The highest BCUT2D eigenvalue weighted by Crippen LogP contribution is 2.02. The van der Waals surface area contributed by atoms with Gasteiger partial charge in [0.25, 0.3) is 0 Å². The van der Waals surface area contributed by atoms with Crippen molar-refractivity contribution in [3.05, 3.63) is 60.5 Å². The lowest BCUT2D eigenvalue weighted by Crippen LogP contribution is -2.22. The van der Waals surface area contributed by atoms with Gasteiger partial charge in [0.15, 0.2) is 0 Å². The Balaban J connectivity index is 1.60. The molecule has 0 atom stereocenters. The Labute approximate surface area is 139 Å². The van der Waals surface area contributed by atoms with E-state index in [1.54, 1.807) is 36.4 Å². The van der Waals surface area contributed by atoms with Gasteiger partial charge < -0.3 is 19.5 Å². The van der Waals surface area contributed by atoms with Gasteiger partial charge in [-0.3, -0.25) is 9.59 Å². The maximum Gasteiger partial charge on any atom is 0.244 e. The first-order chi connectivity index (χ1) is 11.7. The van der Waals surface area contributed by atoms with Gasteiger partial charge in [-0.1, -0.05) is 11.8 Å². The first-order valence-electron chi connectivity index (χ1n) is 7.18. The Morgan fingerprint density at radius 1 is 0.875 bits per heavy atom. The van der Waals surface area contributed by atoms with Crippen LogP contribution in [0.25, 0.3) is 12.2 Å². The Morgan fingerprint density at radius 2 is 1.33 bits per heavy atom. The van der Waals surface area contributed by atoms with Gasteiger partial charge in [-0.05, 0) is 36.4 Å². The van der Waals surface area contributed by atoms with Gasteiger partial charge in [0.2, 0.25) is 11.8 Å². The molecule has 2 rings (SSSR count). The number of carbonyl (C=O) groups excluding carboxylic acids is 2. The Bertz CT molecular complexity index is 696. The van der Waals surface area contributed by atoms with Crippen LogP contribution in [0.1, 0.15) is 11.5 Å². The number of hydrogen-bond acceptors (Lipinski definition) is 4. The van der Waals surface area contributed by atoms with E-state index in [-0.39, 0.29) is 24.9 Å². The van der Waals surface area contributed by atoms with Gasteiger partial charge in [-0.25, -0.2) is 0 Å². The molecule has 2 aromatic heterocycles. The predicted molar refractivity (Wildman–Crippen MR) is 89.3 cm³/mol. The van der Waals surface area contributed by atoms with Gasteiger partial charge in [0.1, 0.15) is 11.5 Å². The van der Waals surface area contributed by atoms with E-state index < -0.39 is 0 Å². The monoisotopic (exact) mass is 324 g/mol. The molecule has 0 bridgehead atoms. The summed E-state index contributed by atoms with van der Waals surface area (Å²) in [7, 11) is 0. The summed E-state index contributed by atoms with van der Waals surface area (Å²) in [5, 5.41) is 5.19. The Kier molecular flexibility index (Phi) is 6.72. The summed E-state index contributed by atoms with van der Waals surface area (Å²) in [5.74, 6) is 6.13. The van der Waals surface area contributed by atoms with E-state index >= 15 is 0 Å². The second kappa shape index (κ2) is 9.54. The van der Waals surface area contributed by atoms with Crippen LogP contribution >= 0.6 is 0 Å². The summed E-state index contributed by atoms with van der Waals surface area (Å²) in [6, 6.07) is 6.96. The van der Waals surface area contributed by atoms with Gasteiger partial charge >= 0.3 is 0 Å². The first-order valence-corrected chi connectivity index (χ1v) is 7.18. The molecule has 0 radical (unpaired) electrons. The minimum Gasteiger partial charge on any atom is -0.465 e. The Hall–Kier alpha value is -3.46. The topological polar surface area (TPSA) is 84.5 Å². The molecule has 2 aromatic rings. The summed E-state index contributed by atoms with van der Waals surface area (Å²) < 4.78 is 10.1. The average molecular weight is 324 g/mol. The quantitative estimate of drug-likeness (QED) is 0.627. The molecule has 0 aromatic carbocycles. The first kappa shape index (κ1) is 16.9. The smallest absolute Gasteiger partial charge is 0.244 e. The van der Waals surface area contributed by atoms with Crippen LogP contribution in [0.4, 0.5) is 0 Å². The van der Waals surface area contributed by atoms with Crippen LogP contribution in [0.2, 0.25) is 0 Å². The van der Waals surface area contributed by atoms with Gasteiger partial charge in [0, 0.05) is 12.2 Å². The number of nitrogens with one attached hydrogen (secondary N) is 2. The molecule has 0 aliphatic rings. The number of carbonyl (C=O) groups is 2. The van der Waals surface area contributed by atoms with Gasteiger partial charge in [0.05, 0.1) is 25.6 Å². The maximum atomic E-state index is 11.5. The van der Waals surface area contributed by atoms with E-state index in [9.17, 15) is 9.59 Å². The molecule has 122 valence electrons. The lowest BCUT2D eigenvalue weighted by molar-refractivity contribution is -0.117. The zero-order valence-corrected chi connectivity index (χ0v) is 12.8. The van der Waals surface area contributed by atoms with Crippen LogP contribution in [0.5, 0.6) is 0 Å². The zero-order chi connectivity index (χ0) is 17.0. The van der Waals surface area contributed by atoms with E-state index in [2.05, 4.69) is 22.5 Å². The van der Waals surface area contributed by atoms with Crippen molar-refractivity contribution < 1.29 is 18.4 Å². The van der Waals surface area contributed by atoms with Crippen molar-refractivity contribution in [2.75, 3.05) is 13.1 Å². The molecule has 0 aliphatic heterocycles. The van der Waals surface area contributed by atoms with E-state index in [4.69, 9.17) is 8.83 Å². The van der Waals surface area contributed by atoms with Crippen molar-refractivity contribution in [2.24, 2.45) is 0 Å². The molecule has 0 fully saturated rings. The van der Waals surface area contributed by atoms with E-state index in [1.165, 1.54) is 24.7 Å². The highest BCUT2D eigenvalue weighted by Gasteiger charge is 1.95. The van der Waals surface area contributed by atoms with Crippen LogP contribution in [0.3, 0.4) is 0 Å². The van der Waals surface area contributed by atoms with E-state index in [0.717, 1.165) is 0 Å². The highest BCUT2D eigenvalue weighted by atomic mass is 16.3. The molecule has 24 heavy (non-hydrogen) atoms. The third kappa shape index (κ3) is 6.54. The summed E-state index contributed by atoms with van der Waals surface area (Å²) in [5.41, 5.74) is 0. The van der Waals surface area contributed by atoms with Crippen LogP contribution < -0.4 is 10.6 Å². The molecule has 0 saturated carbocycles. The number of furan rings is 2. The SMILES string of the molecule is O=C(C=Cc1ccco1)NCC#CCNC(=O)C=Cc1ccco1. The molecular formula is C18H16N2O4. The van der Waals surface area contributed by atoms with Crippen molar-refractivity contribution >= 4 is 24.0 Å². The van der Waals surface area contributed by atoms with Crippen LogP contribution in [-0.4, -0.2) is 24.9 Å². The largest absolute Gasteiger partial charge is 0.465 e. The molecule has 0 saturated heterocycles. The van der Waals surface area contributed by atoms with Crippen LogP contribution in [0.15, 0.2) is 57.8 Å². The molecule has 2 N–H and O–H groups in total. The molecule has 0 aliphatic carbocycles. The third-order valence-electron chi connectivity index (χ3n) is 2.71. The van der Waals surface area contributed by atoms with Crippen molar-refractivity contribution in [3.63, 3.8) is 0 Å². The summed E-state index contributed by atoms with van der Waals surface area (Å²) in [6.07, 6.45) is 8.91. The molecule has 0 spiro atoms. The van der Waals surface area contributed by atoms with Gasteiger partial charge in [-0.15, -0.1) is 0 Å². The summed E-state index contributed by atoms with van der Waals surface area (Å²) in [4.78, 5) is 23.0. The average Bonchev–Trinajstić information content (AvgIpc) is 3.27. The minimum atomic E-state index is -0.272. The van der Waals surface area contributed by atoms with Gasteiger partial charge in [-0.2, -0.15) is 0 Å². The predicted octanol–water partition coefficient (Wildman–Crippen LogP) is 1.83. The third-order valence-corrected chi connectivity index (χ3v) is 2.71. The molecule has 2 heterocycles. The second-order valence-corrected chi connectivity index (χ2v) is 4.49. The Morgan fingerprint density at radius 3 is 1.71 bits per heavy atom. The molecule has 0 unspecified atom stereocenters. The molecule has 2 amide bonds. The zero-order valence-electron chi connectivity index (χ0n) is 12.8. The molecular weight excluding hydrogens is 308 g/mol. The number of amides is 2. The number of hydrogen-bond donors (Lipinski definition) is 2. The standard InChI is InChI=1S/C18H16N2O4/c21-17(9-7-15-5-3-13-23-15)19-11-1-2-12-20-18(22)10-8-16-6-4-14-24-16/h3-10,13-14H,11-12H2,(H,19,21)(H,20,22). The fraction of sp³-hybridized carbons (Fsp3) is 0.111. The molecule has 6 nitrogen and oxygen atoms in total. The maximum absolute atomic E-state index is 11.5. The summed E-state index contributed by atoms with van der Waals surface area (Å²) >= 11 is 0. The fourth-order valence-electron chi connectivity index (χ4n) is 1.59. The molecule has 6 heteroatoms. The lowest BCUT2D eigenvalue weighted by atomic mass is 10.4. The van der Waals surface area contributed by atoms with Crippen molar-refractivity contribution in [3.8, 4) is 11.8 Å². The van der Waals surface area contributed by atoms with Crippen molar-refractivity contribution in [2.45, 2.75) is 0 Å². The van der Waals surface area contributed by atoms with E-state index in [0.29, 0.717) is 11.5 Å². The minimum absolute atomic E-state index is 0.194. The van der Waals surface area contributed by atoms with Crippen LogP contribution in [-0.2, 0) is 9.59 Å². The fourth-order valence-corrected chi connectivity index (χ4v) is 1.59. The normalized spacial score (nSPS) is 10.5. The highest BCUT2D eigenvalue weighted by molar-refractivity contribution is 5.92. The van der Waals surface area contributed by atoms with Crippen molar-refractivity contribution in [1.82, 2.24) is 10.6 Å². The number of rotatable bonds is 6. The summed E-state index contributed by atoms with van der Waals surface area (Å²) in [6.45, 7) is 0.388. The van der Waals surface area contributed by atoms with E-state index in [1.807, 2.05) is 0 Å². The van der Waals surface area contributed by atoms with Crippen molar-refractivity contribution in [1.29, 1.82) is 0 Å². The second-order valence-electron chi connectivity index (χ2n) is 4.49. The van der Waals surface area contributed by atoms with Crippen LogP contribution in [0, 0.1) is 11.8 Å².